The van der Waals surface area contributed by atoms with Gasteiger partial charge in [0.2, 0.25) is 0 Å². The maximum absolute atomic E-state index is 15.2. The molecule has 0 spiro atoms. The van der Waals surface area contributed by atoms with E-state index in [1.54, 1.807) is 36.5 Å². The number of rotatable bonds is 6. The zero-order chi connectivity index (χ0) is 29.5. The number of hydrogen-bond acceptors (Lipinski definition) is 8. The number of pyridine rings is 1. The number of anilines is 2. The molecule has 3 heterocycles. The SMILES string of the molecule is Cc1ccc(Nc2nn(-c3cccc(-n4ncc5cc(C(C)(C)C)cc(F)c5c4=O)c3CO)cc2OC(N)=O)nc1. The first-order valence-electron chi connectivity index (χ1n) is 12.7. The van der Waals surface area contributed by atoms with Crippen molar-refractivity contribution in [3.05, 3.63) is 93.9 Å². The summed E-state index contributed by atoms with van der Waals surface area (Å²) < 4.78 is 22.8. The zero-order valence-electron chi connectivity index (χ0n) is 22.8. The van der Waals surface area contributed by atoms with Crippen LogP contribution in [0, 0.1) is 12.7 Å². The van der Waals surface area contributed by atoms with Gasteiger partial charge in [0, 0.05) is 17.1 Å². The van der Waals surface area contributed by atoms with Crippen molar-refractivity contribution in [2.45, 2.75) is 39.7 Å². The van der Waals surface area contributed by atoms with E-state index in [4.69, 9.17) is 10.5 Å². The number of hydrogen-bond donors (Lipinski definition) is 3. The highest BCUT2D eigenvalue weighted by Gasteiger charge is 2.22. The van der Waals surface area contributed by atoms with Gasteiger partial charge in [-0.3, -0.25) is 4.79 Å². The Bertz CT molecular complexity index is 1840. The lowest BCUT2D eigenvalue weighted by molar-refractivity contribution is 0.211. The second-order valence-electron chi connectivity index (χ2n) is 10.5. The van der Waals surface area contributed by atoms with Crippen LogP contribution >= 0.6 is 0 Å². The number of amides is 1. The molecule has 5 aromatic rings. The molecule has 0 unspecified atom stereocenters. The minimum atomic E-state index is -1.05. The summed E-state index contributed by atoms with van der Waals surface area (Å²) in [4.78, 5) is 29.4. The first-order valence-corrected chi connectivity index (χ1v) is 12.7. The minimum Gasteiger partial charge on any atom is -0.405 e. The molecule has 0 saturated heterocycles. The number of halogens is 1. The van der Waals surface area contributed by atoms with Gasteiger partial charge in [-0.05, 0) is 53.8 Å². The van der Waals surface area contributed by atoms with Crippen LogP contribution in [-0.2, 0) is 12.0 Å². The lowest BCUT2D eigenvalue weighted by Crippen LogP contribution is -2.24. The molecule has 0 aliphatic carbocycles. The van der Waals surface area contributed by atoms with Crippen molar-refractivity contribution in [1.82, 2.24) is 24.5 Å². The van der Waals surface area contributed by atoms with E-state index in [2.05, 4.69) is 20.5 Å². The van der Waals surface area contributed by atoms with Gasteiger partial charge in [0.25, 0.3) is 5.56 Å². The van der Waals surface area contributed by atoms with Crippen molar-refractivity contribution in [1.29, 1.82) is 0 Å². The Balaban J connectivity index is 1.63. The molecule has 12 heteroatoms. The Labute approximate surface area is 234 Å². The Hall–Kier alpha value is -5.10. The van der Waals surface area contributed by atoms with Crippen molar-refractivity contribution in [2.75, 3.05) is 5.32 Å². The summed E-state index contributed by atoms with van der Waals surface area (Å²) in [5.74, 6) is -0.0788. The number of ether oxygens (including phenoxy) is 1. The summed E-state index contributed by atoms with van der Waals surface area (Å²) in [7, 11) is 0. The minimum absolute atomic E-state index is 0.00638. The Morgan fingerprint density at radius 2 is 1.90 bits per heavy atom. The van der Waals surface area contributed by atoms with Crippen molar-refractivity contribution in [3.8, 4) is 17.1 Å². The van der Waals surface area contributed by atoms with Gasteiger partial charge in [0.1, 0.15) is 11.6 Å². The standard InChI is InChI=1S/C29H28FN7O4/c1-16-8-9-24(32-12-16)34-26-23(41-28(31)40)14-36(35-26)21-6-5-7-22(19(21)15-38)37-27(39)25-17(13-33-37)10-18(11-20(25)30)29(2,3)4/h5-14,38H,15H2,1-4H3,(H2,31,40)(H,32,34,35). The van der Waals surface area contributed by atoms with Gasteiger partial charge >= 0.3 is 6.09 Å². The predicted octanol–water partition coefficient (Wildman–Crippen LogP) is 4.40. The van der Waals surface area contributed by atoms with Crippen molar-refractivity contribution >= 4 is 28.5 Å². The van der Waals surface area contributed by atoms with E-state index in [0.29, 0.717) is 16.9 Å². The topological polar surface area (TPSA) is 150 Å². The molecule has 0 fully saturated rings. The molecule has 210 valence electrons. The smallest absolute Gasteiger partial charge is 0.405 e. The second kappa shape index (κ2) is 10.5. The lowest BCUT2D eigenvalue weighted by Gasteiger charge is -2.20. The highest BCUT2D eigenvalue weighted by Crippen LogP contribution is 2.31. The number of aliphatic hydroxyl groups is 1. The summed E-state index contributed by atoms with van der Waals surface area (Å²) in [6.07, 6.45) is 3.42. The molecule has 0 radical (unpaired) electrons. The van der Waals surface area contributed by atoms with Crippen LogP contribution in [0.2, 0.25) is 0 Å². The summed E-state index contributed by atoms with van der Waals surface area (Å²) in [5.41, 5.74) is 6.77. The Morgan fingerprint density at radius 3 is 2.56 bits per heavy atom. The summed E-state index contributed by atoms with van der Waals surface area (Å²) >= 11 is 0. The molecular formula is C29H28FN7O4. The van der Waals surface area contributed by atoms with Crippen molar-refractivity contribution in [2.24, 2.45) is 5.73 Å². The molecule has 0 atom stereocenters. The normalized spacial score (nSPS) is 11.6. The number of aliphatic hydroxyl groups excluding tert-OH is 1. The number of fused-ring (bicyclic) bond motifs is 1. The number of nitrogens with two attached hydrogens (primary N) is 1. The Morgan fingerprint density at radius 1 is 1.15 bits per heavy atom. The molecule has 5 rings (SSSR count). The molecule has 0 aliphatic rings. The number of aryl methyl sites for hydroxylation is 1. The number of primary amides is 1. The average Bonchev–Trinajstić information content (AvgIpc) is 3.30. The largest absolute Gasteiger partial charge is 0.410 e. The quantitative estimate of drug-likeness (QED) is 0.278. The number of carbonyl (C=O) groups excluding carboxylic acids is 1. The van der Waals surface area contributed by atoms with Crippen molar-refractivity contribution < 1.29 is 19.0 Å². The van der Waals surface area contributed by atoms with Crippen LogP contribution in [0.3, 0.4) is 0 Å². The zero-order valence-corrected chi connectivity index (χ0v) is 22.8. The number of nitrogens with one attached hydrogen (secondary N) is 1. The molecular weight excluding hydrogens is 529 g/mol. The average molecular weight is 558 g/mol. The van der Waals surface area contributed by atoms with Crippen LogP contribution in [-0.4, -0.2) is 35.7 Å². The van der Waals surface area contributed by atoms with Gasteiger partial charge < -0.3 is 20.9 Å². The van der Waals surface area contributed by atoms with Crippen molar-refractivity contribution in [3.63, 3.8) is 0 Å². The molecule has 11 nitrogen and oxygen atoms in total. The Kier molecular flexibility index (Phi) is 7.01. The van der Waals surface area contributed by atoms with Gasteiger partial charge in [0.05, 0.1) is 35.8 Å². The fourth-order valence-electron chi connectivity index (χ4n) is 4.39. The first-order chi connectivity index (χ1) is 19.5. The molecule has 1 amide bonds. The molecule has 41 heavy (non-hydrogen) atoms. The van der Waals surface area contributed by atoms with Crippen LogP contribution in [0.1, 0.15) is 37.5 Å². The number of benzene rings is 2. The van der Waals surface area contributed by atoms with Gasteiger partial charge in [0.15, 0.2) is 11.6 Å². The summed E-state index contributed by atoms with van der Waals surface area (Å²) in [5, 5.41) is 22.4. The highest BCUT2D eigenvalue weighted by molar-refractivity contribution is 5.82. The lowest BCUT2D eigenvalue weighted by atomic mass is 9.86. The maximum atomic E-state index is 15.2. The number of carbonyl (C=O) groups is 1. The second-order valence-corrected chi connectivity index (χ2v) is 10.5. The fourth-order valence-corrected chi connectivity index (χ4v) is 4.39. The van der Waals surface area contributed by atoms with E-state index in [1.807, 2.05) is 33.8 Å². The van der Waals surface area contributed by atoms with Crippen LogP contribution < -0.4 is 21.3 Å². The molecule has 2 aromatic carbocycles. The number of aromatic nitrogens is 5. The summed E-state index contributed by atoms with van der Waals surface area (Å²) in [6.45, 7) is 7.24. The van der Waals surface area contributed by atoms with E-state index >= 15 is 4.39 Å². The molecule has 3 aromatic heterocycles. The highest BCUT2D eigenvalue weighted by atomic mass is 19.1. The monoisotopic (exact) mass is 557 g/mol. The first kappa shape index (κ1) is 27.5. The molecule has 0 bridgehead atoms. The third-order valence-electron chi connectivity index (χ3n) is 6.51. The van der Waals surface area contributed by atoms with E-state index in [1.165, 1.54) is 23.1 Å². The fraction of sp³-hybridized carbons (Fsp3) is 0.207. The predicted molar refractivity (Wildman–Crippen MR) is 152 cm³/mol. The third kappa shape index (κ3) is 5.37. The van der Waals surface area contributed by atoms with E-state index < -0.39 is 24.1 Å². The third-order valence-corrected chi connectivity index (χ3v) is 6.51. The maximum Gasteiger partial charge on any atom is 0.410 e. The molecule has 4 N–H and O–H groups in total. The van der Waals surface area contributed by atoms with Crippen LogP contribution in [0.4, 0.5) is 20.8 Å². The van der Waals surface area contributed by atoms with E-state index in [0.717, 1.165) is 15.8 Å². The van der Waals surface area contributed by atoms with Crippen LogP contribution in [0.15, 0.2) is 65.8 Å². The summed E-state index contributed by atoms with van der Waals surface area (Å²) in [6, 6.07) is 11.5. The molecule has 0 aliphatic heterocycles. The van der Waals surface area contributed by atoms with Gasteiger partial charge in [-0.15, -0.1) is 5.10 Å². The van der Waals surface area contributed by atoms with E-state index in [9.17, 15) is 14.7 Å². The van der Waals surface area contributed by atoms with Gasteiger partial charge in [-0.2, -0.15) is 9.78 Å². The van der Waals surface area contributed by atoms with E-state index in [-0.39, 0.29) is 33.6 Å². The molecule has 0 saturated carbocycles. The van der Waals surface area contributed by atoms with Gasteiger partial charge in [-0.25, -0.2) is 18.9 Å². The van der Waals surface area contributed by atoms with Crippen LogP contribution in [0.25, 0.3) is 22.1 Å². The number of nitrogens with zero attached hydrogens (tertiary/aromatic N) is 5. The van der Waals surface area contributed by atoms with Crippen LogP contribution in [0.5, 0.6) is 5.75 Å². The van der Waals surface area contributed by atoms with Gasteiger partial charge in [-0.1, -0.05) is 32.9 Å².